The van der Waals surface area contributed by atoms with Crippen molar-refractivity contribution in [2.75, 3.05) is 12.4 Å². The molecule has 2 aromatic rings. The molecule has 2 rings (SSSR count). The van der Waals surface area contributed by atoms with Gasteiger partial charge in [-0.2, -0.15) is 0 Å². The summed E-state index contributed by atoms with van der Waals surface area (Å²) in [6, 6.07) is 12.5. The number of hydrogen-bond donors (Lipinski definition) is 1. The molecule has 0 bridgehead atoms. The van der Waals surface area contributed by atoms with Crippen LogP contribution in [0.25, 0.3) is 0 Å². The Labute approximate surface area is 146 Å². The second kappa shape index (κ2) is 7.71. The van der Waals surface area contributed by atoms with E-state index in [0.29, 0.717) is 21.5 Å². The van der Waals surface area contributed by atoms with Crippen LogP contribution in [-0.2, 0) is 4.79 Å². The maximum Gasteiger partial charge on any atom is 0.232 e. The van der Waals surface area contributed by atoms with Crippen LogP contribution in [0.2, 0.25) is 10.0 Å². The average Bonchev–Trinajstić information content (AvgIpc) is 2.49. The third-order valence-corrected chi connectivity index (χ3v) is 4.08. The minimum atomic E-state index is -0.295. The second-order valence-corrected chi connectivity index (χ2v) is 6.48. The molecule has 3 nitrogen and oxygen atoms in total. The molecule has 5 heteroatoms. The van der Waals surface area contributed by atoms with Gasteiger partial charge in [0.25, 0.3) is 0 Å². The summed E-state index contributed by atoms with van der Waals surface area (Å²) >= 11 is 11.9. The normalized spacial score (nSPS) is 12.1. The molecule has 23 heavy (non-hydrogen) atoms. The van der Waals surface area contributed by atoms with Crippen molar-refractivity contribution in [3.05, 3.63) is 58.1 Å². The van der Waals surface area contributed by atoms with Crippen LogP contribution in [0.5, 0.6) is 5.75 Å². The SMILES string of the molecule is COc1ccc(Cl)cc1NC(=O)[C@@H](c1ccc(Cl)cc1)C(C)C. The molecule has 0 fully saturated rings. The van der Waals surface area contributed by atoms with Crippen LogP contribution in [0, 0.1) is 5.92 Å². The van der Waals surface area contributed by atoms with E-state index in [4.69, 9.17) is 27.9 Å². The molecule has 0 saturated heterocycles. The Morgan fingerprint density at radius 3 is 2.22 bits per heavy atom. The molecular weight excluding hydrogens is 333 g/mol. The van der Waals surface area contributed by atoms with Crippen molar-refractivity contribution in [2.45, 2.75) is 19.8 Å². The number of ether oxygens (including phenoxy) is 1. The molecule has 1 N–H and O–H groups in total. The lowest BCUT2D eigenvalue weighted by atomic mass is 9.87. The van der Waals surface area contributed by atoms with E-state index in [0.717, 1.165) is 5.56 Å². The van der Waals surface area contributed by atoms with Gasteiger partial charge in [-0.1, -0.05) is 49.2 Å². The highest BCUT2D eigenvalue weighted by Crippen LogP contribution is 2.31. The van der Waals surface area contributed by atoms with E-state index < -0.39 is 0 Å². The fourth-order valence-corrected chi connectivity index (χ4v) is 2.80. The Morgan fingerprint density at radius 2 is 1.65 bits per heavy atom. The number of amides is 1. The van der Waals surface area contributed by atoms with Gasteiger partial charge >= 0.3 is 0 Å². The van der Waals surface area contributed by atoms with Gasteiger partial charge in [-0.15, -0.1) is 0 Å². The number of hydrogen-bond acceptors (Lipinski definition) is 2. The van der Waals surface area contributed by atoms with E-state index in [1.165, 1.54) is 0 Å². The first-order valence-corrected chi connectivity index (χ1v) is 8.08. The van der Waals surface area contributed by atoms with E-state index in [1.54, 1.807) is 37.4 Å². The van der Waals surface area contributed by atoms with Gasteiger partial charge in [0.1, 0.15) is 5.75 Å². The summed E-state index contributed by atoms with van der Waals surface area (Å²) in [6.07, 6.45) is 0. The smallest absolute Gasteiger partial charge is 0.232 e. The highest BCUT2D eigenvalue weighted by Gasteiger charge is 2.25. The Hall–Kier alpha value is -1.71. The second-order valence-electron chi connectivity index (χ2n) is 5.61. The van der Waals surface area contributed by atoms with Crippen molar-refractivity contribution in [1.29, 1.82) is 0 Å². The largest absolute Gasteiger partial charge is 0.495 e. The summed E-state index contributed by atoms with van der Waals surface area (Å²) in [5.41, 5.74) is 1.48. The Kier molecular flexibility index (Phi) is 5.91. The summed E-state index contributed by atoms with van der Waals surface area (Å²) in [4.78, 5) is 12.8. The zero-order chi connectivity index (χ0) is 17.0. The van der Waals surface area contributed by atoms with Crippen molar-refractivity contribution in [1.82, 2.24) is 0 Å². The van der Waals surface area contributed by atoms with E-state index in [1.807, 2.05) is 26.0 Å². The van der Waals surface area contributed by atoms with Crippen molar-refractivity contribution in [2.24, 2.45) is 5.92 Å². The third kappa shape index (κ3) is 4.40. The summed E-state index contributed by atoms with van der Waals surface area (Å²) in [5.74, 6) is 0.293. The number of carbonyl (C=O) groups excluding carboxylic acids is 1. The molecule has 0 aromatic heterocycles. The number of nitrogens with one attached hydrogen (secondary N) is 1. The summed E-state index contributed by atoms with van der Waals surface area (Å²) < 4.78 is 5.27. The predicted molar refractivity (Wildman–Crippen MR) is 95.7 cm³/mol. The minimum Gasteiger partial charge on any atom is -0.495 e. The molecule has 0 radical (unpaired) electrons. The summed E-state index contributed by atoms with van der Waals surface area (Å²) in [7, 11) is 1.55. The molecular formula is C18H19Cl2NO2. The van der Waals surface area contributed by atoms with Crippen LogP contribution in [0.1, 0.15) is 25.3 Å². The molecule has 0 saturated carbocycles. The van der Waals surface area contributed by atoms with Gasteiger partial charge in [0.05, 0.1) is 18.7 Å². The van der Waals surface area contributed by atoms with Crippen LogP contribution in [-0.4, -0.2) is 13.0 Å². The zero-order valence-electron chi connectivity index (χ0n) is 13.3. The lowest BCUT2D eigenvalue weighted by Gasteiger charge is -2.21. The van der Waals surface area contributed by atoms with Gasteiger partial charge in [-0.05, 0) is 41.8 Å². The average molecular weight is 352 g/mol. The number of benzene rings is 2. The molecule has 1 atom stereocenters. The number of halogens is 2. The topological polar surface area (TPSA) is 38.3 Å². The van der Waals surface area contributed by atoms with Crippen LogP contribution >= 0.6 is 23.2 Å². The van der Waals surface area contributed by atoms with E-state index in [9.17, 15) is 4.79 Å². The maximum atomic E-state index is 12.8. The van der Waals surface area contributed by atoms with Gasteiger partial charge in [0, 0.05) is 10.0 Å². The first kappa shape index (κ1) is 17.6. The highest BCUT2D eigenvalue weighted by molar-refractivity contribution is 6.31. The Balaban J connectivity index is 2.29. The Bertz CT molecular complexity index is 684. The number of rotatable bonds is 5. The van der Waals surface area contributed by atoms with E-state index >= 15 is 0 Å². The standard InChI is InChI=1S/C18H19Cl2NO2/c1-11(2)17(12-4-6-13(19)7-5-12)18(22)21-15-10-14(20)8-9-16(15)23-3/h4-11,17H,1-3H3,(H,21,22)/t17-/m1/s1. The maximum absolute atomic E-state index is 12.8. The molecule has 0 spiro atoms. The van der Waals surface area contributed by atoms with Gasteiger partial charge in [-0.25, -0.2) is 0 Å². The van der Waals surface area contributed by atoms with Crippen LogP contribution in [0.3, 0.4) is 0 Å². The minimum absolute atomic E-state index is 0.108. The van der Waals surface area contributed by atoms with Crippen LogP contribution in [0.15, 0.2) is 42.5 Å². The fourth-order valence-electron chi connectivity index (χ4n) is 2.50. The number of carbonyl (C=O) groups is 1. The molecule has 0 aliphatic heterocycles. The molecule has 1 amide bonds. The molecule has 122 valence electrons. The molecule has 0 aliphatic carbocycles. The van der Waals surface area contributed by atoms with Gasteiger partial charge in [0.2, 0.25) is 5.91 Å². The van der Waals surface area contributed by atoms with Crippen molar-refractivity contribution in [3.8, 4) is 5.75 Å². The fraction of sp³-hybridized carbons (Fsp3) is 0.278. The first-order chi connectivity index (χ1) is 10.9. The van der Waals surface area contributed by atoms with E-state index in [-0.39, 0.29) is 17.7 Å². The molecule has 0 unspecified atom stereocenters. The highest BCUT2D eigenvalue weighted by atomic mass is 35.5. The van der Waals surface area contributed by atoms with Gasteiger partial charge in [0.15, 0.2) is 0 Å². The number of methoxy groups -OCH3 is 1. The van der Waals surface area contributed by atoms with Crippen molar-refractivity contribution in [3.63, 3.8) is 0 Å². The van der Waals surface area contributed by atoms with Gasteiger partial charge in [-0.3, -0.25) is 4.79 Å². The van der Waals surface area contributed by atoms with E-state index in [2.05, 4.69) is 5.32 Å². The quantitative estimate of drug-likeness (QED) is 0.785. The molecule has 0 aliphatic rings. The van der Waals surface area contributed by atoms with Crippen LogP contribution in [0.4, 0.5) is 5.69 Å². The van der Waals surface area contributed by atoms with Crippen molar-refractivity contribution >= 4 is 34.8 Å². The zero-order valence-corrected chi connectivity index (χ0v) is 14.8. The monoisotopic (exact) mass is 351 g/mol. The number of anilines is 1. The third-order valence-electron chi connectivity index (χ3n) is 3.60. The first-order valence-electron chi connectivity index (χ1n) is 7.32. The predicted octanol–water partition coefficient (Wildman–Crippen LogP) is 5.38. The lowest BCUT2D eigenvalue weighted by Crippen LogP contribution is -2.25. The molecule has 2 aromatic carbocycles. The van der Waals surface area contributed by atoms with Crippen LogP contribution < -0.4 is 10.1 Å². The van der Waals surface area contributed by atoms with Gasteiger partial charge < -0.3 is 10.1 Å². The summed E-state index contributed by atoms with van der Waals surface area (Å²) in [6.45, 7) is 4.02. The summed E-state index contributed by atoms with van der Waals surface area (Å²) in [5, 5.41) is 4.10. The lowest BCUT2D eigenvalue weighted by molar-refractivity contribution is -0.118. The Morgan fingerprint density at radius 1 is 1.04 bits per heavy atom. The van der Waals surface area contributed by atoms with Crippen molar-refractivity contribution < 1.29 is 9.53 Å². The molecule has 0 heterocycles.